The smallest absolute Gasteiger partial charge is 0.138 e. The van der Waals surface area contributed by atoms with Crippen molar-refractivity contribution in [1.82, 2.24) is 49.8 Å². The maximum Gasteiger partial charge on any atom is 0.138 e. The standard InChI is InChI=1S/C15H11ClN4.C15H10N4.C10H6ClN2.C5H5IN2.CH4.3CH3.Sn/c16-13-9-20-14(10-3-1-5-18-8-10)7-12(13)11-4-2-6-19-15(11)17;1-3-10(8-16-5-1)13-7-12-11-4-2-6-17-15(11)19-14(12)9-18-13;11-9-3-4-10(13-7-9)8-2-1-5-12-6-8;6-4-2-1-3-8-5(4)7;;;;;/h1-9H,(H2,17,19);1-9H,(H,17,19);1-2,4-7H;1-3H,(H2,7,8);1H4;3*1H3;. The second-order valence-corrected chi connectivity index (χ2v) is 31.4. The van der Waals surface area contributed by atoms with Crippen molar-refractivity contribution < 1.29 is 0 Å². The second kappa shape index (κ2) is 22.7. The molecule has 0 saturated carbocycles. The number of nitrogens with two attached hydrogens (primary N) is 2. The summed E-state index contributed by atoms with van der Waals surface area (Å²) in [4.78, 5) is 48.1. The van der Waals surface area contributed by atoms with E-state index in [-0.39, 0.29) is 7.43 Å². The van der Waals surface area contributed by atoms with Gasteiger partial charge in [0.05, 0.1) is 31.7 Å². The van der Waals surface area contributed by atoms with Crippen LogP contribution in [0, 0.1) is 3.57 Å². The summed E-state index contributed by atoms with van der Waals surface area (Å²) in [7, 11) is 0. The van der Waals surface area contributed by atoms with Gasteiger partial charge in [-0.05, 0) is 95.4 Å². The largest absolute Gasteiger partial charge is 0.338 e. The first-order valence-electron chi connectivity index (χ1n) is 19.8. The Kier molecular flexibility index (Phi) is 16.8. The molecule has 12 nitrogen and oxygen atoms in total. The summed E-state index contributed by atoms with van der Waals surface area (Å²) >= 11 is 12.4. The van der Waals surface area contributed by atoms with Crippen molar-refractivity contribution in [1.29, 1.82) is 0 Å². The third-order valence-electron chi connectivity index (χ3n) is 9.56. The van der Waals surface area contributed by atoms with Crippen molar-refractivity contribution in [3.05, 3.63) is 179 Å². The van der Waals surface area contributed by atoms with Gasteiger partial charge in [-0.2, -0.15) is 0 Å². The molecule has 0 unspecified atom stereocenters. The molecule has 10 aromatic rings. The molecular formula is C49H45Cl2IN12Sn. The van der Waals surface area contributed by atoms with E-state index in [0.29, 0.717) is 16.7 Å². The number of nitrogens with zero attached hydrogens (tertiary/aromatic N) is 9. The molecule has 0 saturated heterocycles. The Balaban J connectivity index is 0.000000148. The maximum absolute atomic E-state index is 6.24. The van der Waals surface area contributed by atoms with Crippen LogP contribution in [0.3, 0.4) is 0 Å². The Labute approximate surface area is 405 Å². The Hall–Kier alpha value is -6.14. The third kappa shape index (κ3) is 12.6. The van der Waals surface area contributed by atoms with Crippen LogP contribution >= 0.6 is 45.8 Å². The number of hydrogen-bond donors (Lipinski definition) is 3. The first kappa shape index (κ1) is 48.3. The normalized spacial score (nSPS) is 10.6. The molecule has 0 radical (unpaired) electrons. The van der Waals surface area contributed by atoms with Crippen molar-refractivity contribution in [2.75, 3.05) is 11.5 Å². The van der Waals surface area contributed by atoms with Crippen LogP contribution < -0.4 is 15.0 Å². The van der Waals surface area contributed by atoms with Crippen LogP contribution in [-0.2, 0) is 0 Å². The Morgan fingerprint density at radius 1 is 0.508 bits per heavy atom. The summed E-state index contributed by atoms with van der Waals surface area (Å²) in [6.45, 7) is 0. The van der Waals surface area contributed by atoms with Gasteiger partial charge < -0.3 is 16.5 Å². The van der Waals surface area contributed by atoms with E-state index in [1.54, 1.807) is 55.8 Å². The number of nitrogens with one attached hydrogen (secondary N) is 1. The fourth-order valence-corrected chi connectivity index (χ4v) is 12.8. The van der Waals surface area contributed by atoms with Gasteiger partial charge in [-0.15, -0.1) is 0 Å². The van der Waals surface area contributed by atoms with Crippen LogP contribution in [0.15, 0.2) is 165 Å². The zero-order chi connectivity index (χ0) is 45.1. The van der Waals surface area contributed by atoms with Crippen LogP contribution in [0.25, 0.3) is 66.8 Å². The van der Waals surface area contributed by atoms with Gasteiger partial charge in [0, 0.05) is 82.6 Å². The van der Waals surface area contributed by atoms with E-state index >= 15 is 0 Å². The number of hydrogen-bond acceptors (Lipinski definition) is 11. The molecule has 65 heavy (non-hydrogen) atoms. The van der Waals surface area contributed by atoms with E-state index in [4.69, 9.17) is 34.7 Å². The average molecular weight is 1120 g/mol. The number of pyridine rings is 9. The molecule has 0 bridgehead atoms. The first-order chi connectivity index (χ1) is 31.0. The van der Waals surface area contributed by atoms with Crippen molar-refractivity contribution in [3.8, 4) is 44.9 Å². The minimum Gasteiger partial charge on any atom is -0.338 e. The molecule has 0 fully saturated rings. The minimum atomic E-state index is -2.17. The average Bonchev–Trinajstić information content (AvgIpc) is 3.70. The van der Waals surface area contributed by atoms with Crippen LogP contribution in [0.5, 0.6) is 0 Å². The minimum absolute atomic E-state index is 0. The quantitative estimate of drug-likeness (QED) is 0.110. The van der Waals surface area contributed by atoms with Gasteiger partial charge in [0.25, 0.3) is 0 Å². The van der Waals surface area contributed by atoms with Crippen molar-refractivity contribution >= 4 is 101 Å². The number of aromatic nitrogens is 10. The molecule has 326 valence electrons. The second-order valence-electron chi connectivity index (χ2n) is 15.0. The van der Waals surface area contributed by atoms with E-state index in [1.807, 2.05) is 91.4 Å². The van der Waals surface area contributed by atoms with E-state index in [1.165, 1.54) is 3.58 Å². The summed E-state index contributed by atoms with van der Waals surface area (Å²) in [6.07, 6.45) is 21.0. The fraction of sp³-hybridized carbons (Fsp3) is 0.0816. The predicted octanol–water partition coefficient (Wildman–Crippen LogP) is 11.9. The Morgan fingerprint density at radius 2 is 1.02 bits per heavy atom. The number of rotatable bonds is 5. The molecular weight excluding hydrogens is 1070 g/mol. The zero-order valence-electron chi connectivity index (χ0n) is 34.9. The van der Waals surface area contributed by atoms with Crippen molar-refractivity contribution in [2.45, 2.75) is 22.2 Å². The van der Waals surface area contributed by atoms with Crippen molar-refractivity contribution in [3.63, 3.8) is 0 Å². The summed E-state index contributed by atoms with van der Waals surface area (Å²) in [5, 5.41) is 3.60. The summed E-state index contributed by atoms with van der Waals surface area (Å²) in [5.41, 5.74) is 20.5. The number of fused-ring (bicyclic) bond motifs is 3. The maximum atomic E-state index is 6.24. The molecule has 0 aromatic carbocycles. The number of halogens is 3. The van der Waals surface area contributed by atoms with Gasteiger partial charge in [-0.1, -0.05) is 19.0 Å². The predicted molar refractivity (Wildman–Crippen MR) is 278 cm³/mol. The molecule has 16 heteroatoms. The van der Waals surface area contributed by atoms with Gasteiger partial charge in [0.1, 0.15) is 17.3 Å². The van der Waals surface area contributed by atoms with Crippen molar-refractivity contribution in [2.24, 2.45) is 0 Å². The SMILES string of the molecule is C.Nc1ncccc1-c1cc(-c2cccnc2)ncc1Cl.Nc1ncccc1I.[CH3][Sn]([CH3])([CH3])[c]1cc(-c2cccnc2)ncc1Cl.c1cncc(-c2cc3c(cn2)[nH]c2ncccc23)c1. The summed E-state index contributed by atoms with van der Waals surface area (Å²) in [6, 6.07) is 29.3. The van der Waals surface area contributed by atoms with Crippen LogP contribution in [-0.4, -0.2) is 68.2 Å². The molecule has 0 aliphatic heterocycles. The number of anilines is 2. The molecule has 0 amide bonds. The van der Waals surface area contributed by atoms with Gasteiger partial charge in [0.2, 0.25) is 0 Å². The van der Waals surface area contributed by atoms with Crippen LogP contribution in [0.2, 0.25) is 24.9 Å². The van der Waals surface area contributed by atoms with Gasteiger partial charge in [-0.3, -0.25) is 19.9 Å². The van der Waals surface area contributed by atoms with Gasteiger partial charge in [-0.25, -0.2) is 15.0 Å². The van der Waals surface area contributed by atoms with Gasteiger partial charge in [0.15, 0.2) is 0 Å². The number of nitrogen functional groups attached to an aromatic ring is 2. The third-order valence-corrected chi connectivity index (χ3v) is 17.3. The monoisotopic (exact) mass is 1120 g/mol. The molecule has 10 aromatic heterocycles. The Morgan fingerprint density at radius 3 is 1.55 bits per heavy atom. The van der Waals surface area contributed by atoms with E-state index in [9.17, 15) is 0 Å². The number of aromatic amines is 1. The number of H-pyrrole nitrogens is 1. The molecule has 0 aliphatic rings. The molecule has 5 N–H and O–H groups in total. The van der Waals surface area contributed by atoms with Crippen LogP contribution in [0.1, 0.15) is 7.43 Å². The van der Waals surface area contributed by atoms with Crippen LogP contribution in [0.4, 0.5) is 11.6 Å². The summed E-state index contributed by atoms with van der Waals surface area (Å²) in [5.74, 6) is 1.05. The first-order valence-corrected chi connectivity index (χ1v) is 31.6. The topological polar surface area (TPSA) is 184 Å². The molecule has 0 spiro atoms. The van der Waals surface area contributed by atoms with Gasteiger partial charge >= 0.3 is 111 Å². The van der Waals surface area contributed by atoms with E-state index in [0.717, 1.165) is 75.4 Å². The van der Waals surface area contributed by atoms with E-state index < -0.39 is 18.4 Å². The molecule has 10 heterocycles. The summed E-state index contributed by atoms with van der Waals surface area (Å²) < 4.78 is 2.32. The van der Waals surface area contributed by atoms with E-state index in [2.05, 4.69) is 105 Å². The molecule has 0 aliphatic carbocycles. The molecule has 10 rings (SSSR count). The fourth-order valence-electron chi connectivity index (χ4n) is 6.35. The molecule has 0 atom stereocenters. The Bertz CT molecular complexity index is 3100. The zero-order valence-corrected chi connectivity index (χ0v) is 41.4.